The van der Waals surface area contributed by atoms with Crippen LogP contribution >= 0.6 is 24.0 Å². The topological polar surface area (TPSA) is 47.4 Å². The van der Waals surface area contributed by atoms with Crippen molar-refractivity contribution in [1.29, 1.82) is 0 Å². The lowest BCUT2D eigenvalue weighted by molar-refractivity contribution is -0.124. The van der Waals surface area contributed by atoms with E-state index >= 15 is 0 Å². The van der Waals surface area contributed by atoms with E-state index < -0.39 is 0 Å². The Kier molecular flexibility index (Phi) is 6.83. The Hall–Kier alpha value is -2.90. The van der Waals surface area contributed by atoms with Gasteiger partial charge < -0.3 is 4.74 Å². The standard InChI is InChI=1S/C27H27N3O2S2/c1-2-32-23-15-9-10-19(16-23)25-20(18-29(28-25)21-11-5-3-6-12-21)17-24-26(31)30(27(33)34-24)22-13-7-4-8-14-22/h3,5-6,9-12,15-18,22H,2,4,7-8,13-14H2,1H3/b24-17-. The summed E-state index contributed by atoms with van der Waals surface area (Å²) in [5, 5.41) is 4.90. The van der Waals surface area contributed by atoms with E-state index in [9.17, 15) is 4.79 Å². The summed E-state index contributed by atoms with van der Waals surface area (Å²) in [5.41, 5.74) is 3.57. The summed E-state index contributed by atoms with van der Waals surface area (Å²) in [6.07, 6.45) is 9.53. The first kappa shape index (κ1) is 22.9. The van der Waals surface area contributed by atoms with Crippen molar-refractivity contribution in [3.63, 3.8) is 0 Å². The zero-order chi connectivity index (χ0) is 23.5. The van der Waals surface area contributed by atoms with Crippen molar-refractivity contribution in [2.24, 2.45) is 0 Å². The summed E-state index contributed by atoms with van der Waals surface area (Å²) in [4.78, 5) is 15.9. The maximum Gasteiger partial charge on any atom is 0.266 e. The Bertz CT molecular complexity index is 1230. The Morgan fingerprint density at radius 3 is 2.68 bits per heavy atom. The number of ether oxygens (including phenoxy) is 1. The molecule has 0 radical (unpaired) electrons. The van der Waals surface area contributed by atoms with E-state index in [1.165, 1.54) is 18.2 Å². The highest BCUT2D eigenvalue weighted by Crippen LogP contribution is 2.38. The van der Waals surface area contributed by atoms with Gasteiger partial charge in [0.15, 0.2) is 0 Å². The number of para-hydroxylation sites is 1. The summed E-state index contributed by atoms with van der Waals surface area (Å²) in [6.45, 7) is 2.56. The van der Waals surface area contributed by atoms with Gasteiger partial charge >= 0.3 is 0 Å². The number of hydrogen-bond donors (Lipinski definition) is 0. The quantitative estimate of drug-likeness (QED) is 0.293. The van der Waals surface area contributed by atoms with Gasteiger partial charge in [-0.05, 0) is 50.1 Å². The molecule has 7 heteroatoms. The molecule has 2 fully saturated rings. The van der Waals surface area contributed by atoms with Gasteiger partial charge in [-0.1, -0.05) is 73.6 Å². The third-order valence-electron chi connectivity index (χ3n) is 6.23. The number of thioether (sulfide) groups is 1. The first-order chi connectivity index (χ1) is 16.6. The molecule has 5 nitrogen and oxygen atoms in total. The molecular formula is C27H27N3O2S2. The lowest BCUT2D eigenvalue weighted by atomic mass is 9.94. The number of hydrogen-bond acceptors (Lipinski definition) is 5. The van der Waals surface area contributed by atoms with Crippen molar-refractivity contribution < 1.29 is 9.53 Å². The molecule has 1 amide bonds. The minimum atomic E-state index is 0.0170. The van der Waals surface area contributed by atoms with Crippen LogP contribution in [0, 0.1) is 0 Å². The van der Waals surface area contributed by atoms with Gasteiger partial charge in [0.05, 0.1) is 17.2 Å². The third-order valence-corrected chi connectivity index (χ3v) is 7.56. The first-order valence-electron chi connectivity index (χ1n) is 11.8. The van der Waals surface area contributed by atoms with Crippen LogP contribution in [0.3, 0.4) is 0 Å². The second-order valence-corrected chi connectivity index (χ2v) is 10.2. The van der Waals surface area contributed by atoms with E-state index in [0.29, 0.717) is 15.8 Å². The molecule has 5 rings (SSSR count). The number of aromatic nitrogens is 2. The van der Waals surface area contributed by atoms with Crippen LogP contribution in [-0.4, -0.2) is 37.6 Å². The van der Waals surface area contributed by atoms with Crippen molar-refractivity contribution in [2.45, 2.75) is 45.1 Å². The third kappa shape index (κ3) is 4.68. The van der Waals surface area contributed by atoms with E-state index in [1.807, 2.05) is 83.4 Å². The van der Waals surface area contributed by atoms with Gasteiger partial charge in [-0.2, -0.15) is 5.10 Å². The van der Waals surface area contributed by atoms with Crippen LogP contribution in [0.15, 0.2) is 65.7 Å². The van der Waals surface area contributed by atoms with Crippen LogP contribution in [-0.2, 0) is 4.79 Å². The lowest BCUT2D eigenvalue weighted by Gasteiger charge is -2.29. The molecule has 2 aliphatic rings. The molecule has 1 aliphatic heterocycles. The number of amides is 1. The van der Waals surface area contributed by atoms with E-state index in [2.05, 4.69) is 0 Å². The molecule has 0 bridgehead atoms. The van der Waals surface area contributed by atoms with Gasteiger partial charge in [-0.25, -0.2) is 4.68 Å². The Labute approximate surface area is 209 Å². The zero-order valence-corrected chi connectivity index (χ0v) is 20.8. The summed E-state index contributed by atoms with van der Waals surface area (Å²) in [5.74, 6) is 0.812. The fraction of sp³-hybridized carbons (Fsp3) is 0.296. The Morgan fingerprint density at radius 2 is 1.91 bits per heavy atom. The average Bonchev–Trinajstić information content (AvgIpc) is 3.41. The molecule has 0 unspecified atom stereocenters. The van der Waals surface area contributed by atoms with Gasteiger partial charge in [0.1, 0.15) is 15.8 Å². The van der Waals surface area contributed by atoms with Crippen molar-refractivity contribution in [3.05, 3.63) is 71.3 Å². The summed E-state index contributed by atoms with van der Waals surface area (Å²) in [6, 6.07) is 18.1. The molecule has 0 N–H and O–H groups in total. The Morgan fingerprint density at radius 1 is 1.12 bits per heavy atom. The normalized spacial score (nSPS) is 18.1. The van der Waals surface area contributed by atoms with Gasteiger partial charge in [0.2, 0.25) is 0 Å². The van der Waals surface area contributed by atoms with E-state index in [4.69, 9.17) is 22.1 Å². The highest BCUT2D eigenvalue weighted by Gasteiger charge is 2.37. The maximum absolute atomic E-state index is 13.4. The smallest absolute Gasteiger partial charge is 0.266 e. The van der Waals surface area contributed by atoms with Crippen LogP contribution in [0.1, 0.15) is 44.6 Å². The number of thiocarbonyl (C=S) groups is 1. The predicted octanol–water partition coefficient (Wildman–Crippen LogP) is 6.47. The van der Waals surface area contributed by atoms with Gasteiger partial charge in [0.25, 0.3) is 5.91 Å². The van der Waals surface area contributed by atoms with E-state index in [-0.39, 0.29) is 11.9 Å². The summed E-state index contributed by atoms with van der Waals surface area (Å²) >= 11 is 7.03. The molecule has 2 heterocycles. The van der Waals surface area contributed by atoms with Crippen molar-refractivity contribution in [3.8, 4) is 22.7 Å². The number of rotatable bonds is 6. The first-order valence-corrected chi connectivity index (χ1v) is 13.0. The molecule has 34 heavy (non-hydrogen) atoms. The van der Waals surface area contributed by atoms with Gasteiger partial charge in [-0.3, -0.25) is 9.69 Å². The minimum Gasteiger partial charge on any atom is -0.494 e. The largest absolute Gasteiger partial charge is 0.494 e. The predicted molar refractivity (Wildman–Crippen MR) is 142 cm³/mol. The molecule has 1 aromatic heterocycles. The van der Waals surface area contributed by atoms with Crippen molar-refractivity contribution in [2.75, 3.05) is 6.61 Å². The van der Waals surface area contributed by atoms with Crippen LogP contribution < -0.4 is 4.74 Å². The molecule has 3 aromatic rings. The molecule has 174 valence electrons. The SMILES string of the molecule is CCOc1cccc(-c2nn(-c3ccccc3)cc2/C=C2\SC(=S)N(C3CCCCC3)C2=O)c1. The highest BCUT2D eigenvalue weighted by atomic mass is 32.2. The fourth-order valence-electron chi connectivity index (χ4n) is 4.61. The molecule has 0 atom stereocenters. The fourth-order valence-corrected chi connectivity index (χ4v) is 6.00. The second-order valence-electron chi connectivity index (χ2n) is 8.52. The highest BCUT2D eigenvalue weighted by molar-refractivity contribution is 8.26. The lowest BCUT2D eigenvalue weighted by Crippen LogP contribution is -2.39. The number of carbonyl (C=O) groups excluding carboxylic acids is 1. The van der Waals surface area contributed by atoms with Crippen LogP contribution in [0.25, 0.3) is 23.0 Å². The van der Waals surface area contributed by atoms with Gasteiger partial charge in [-0.15, -0.1) is 0 Å². The minimum absolute atomic E-state index is 0.0170. The second kappa shape index (κ2) is 10.2. The summed E-state index contributed by atoms with van der Waals surface area (Å²) < 4.78 is 8.24. The molecule has 0 spiro atoms. The molecule has 2 aromatic carbocycles. The van der Waals surface area contributed by atoms with Crippen LogP contribution in [0.4, 0.5) is 0 Å². The van der Waals surface area contributed by atoms with Crippen molar-refractivity contribution in [1.82, 2.24) is 14.7 Å². The molecule has 1 saturated heterocycles. The van der Waals surface area contributed by atoms with E-state index in [1.54, 1.807) is 0 Å². The summed E-state index contributed by atoms with van der Waals surface area (Å²) in [7, 11) is 0. The monoisotopic (exact) mass is 489 g/mol. The molecule has 1 saturated carbocycles. The molecule has 1 aliphatic carbocycles. The zero-order valence-electron chi connectivity index (χ0n) is 19.1. The van der Waals surface area contributed by atoms with Crippen LogP contribution in [0.2, 0.25) is 0 Å². The van der Waals surface area contributed by atoms with Crippen LogP contribution in [0.5, 0.6) is 5.75 Å². The Balaban J connectivity index is 1.54. The average molecular weight is 490 g/mol. The number of carbonyl (C=O) groups is 1. The number of nitrogens with zero attached hydrogens (tertiary/aromatic N) is 3. The number of benzene rings is 2. The maximum atomic E-state index is 13.4. The molecular weight excluding hydrogens is 462 g/mol. The van der Waals surface area contributed by atoms with Crippen molar-refractivity contribution >= 4 is 40.3 Å². The van der Waals surface area contributed by atoms with Gasteiger partial charge in [0, 0.05) is 23.4 Å². The van der Waals surface area contributed by atoms with E-state index in [0.717, 1.165) is 53.9 Å².